The molecule has 2 rings (SSSR count). The van der Waals surface area contributed by atoms with Crippen molar-refractivity contribution in [3.05, 3.63) is 40.5 Å². The maximum atomic E-state index is 11.2. The van der Waals surface area contributed by atoms with Crippen molar-refractivity contribution in [2.45, 2.75) is 0 Å². The van der Waals surface area contributed by atoms with E-state index in [2.05, 4.69) is 21.0 Å². The van der Waals surface area contributed by atoms with Gasteiger partial charge in [0.1, 0.15) is 5.82 Å². The van der Waals surface area contributed by atoms with E-state index < -0.39 is 5.91 Å². The molecule has 0 saturated carbocycles. The molecule has 0 atom stereocenters. The van der Waals surface area contributed by atoms with Crippen molar-refractivity contribution in [3.8, 4) is 5.69 Å². The maximum absolute atomic E-state index is 11.2. The highest BCUT2D eigenvalue weighted by molar-refractivity contribution is 9.10. The molecule has 0 aliphatic rings. The fraction of sp³-hybridized carbons (Fsp3) is 0. The summed E-state index contributed by atoms with van der Waals surface area (Å²) in [5, 5.41) is 4.03. The van der Waals surface area contributed by atoms with Crippen molar-refractivity contribution in [3.63, 3.8) is 0 Å². The highest BCUT2D eigenvalue weighted by Gasteiger charge is 2.11. The van der Waals surface area contributed by atoms with Crippen LogP contribution in [0.2, 0.25) is 0 Å². The van der Waals surface area contributed by atoms with Gasteiger partial charge in [-0.1, -0.05) is 15.9 Å². The summed E-state index contributed by atoms with van der Waals surface area (Å²) in [5.74, 6) is -0.119. The summed E-state index contributed by atoms with van der Waals surface area (Å²) in [6.45, 7) is 0. The van der Waals surface area contributed by atoms with Gasteiger partial charge in [-0.3, -0.25) is 4.79 Å². The smallest absolute Gasteiger partial charge is 0.250 e. The predicted octanol–water partition coefficient (Wildman–Crippen LogP) is 1.32. The average molecular weight is 281 g/mol. The maximum Gasteiger partial charge on any atom is 0.250 e. The third kappa shape index (κ3) is 1.92. The number of nitrogens with zero attached hydrogens (tertiary/aromatic N) is 2. The van der Waals surface area contributed by atoms with Gasteiger partial charge in [-0.05, 0) is 18.2 Å². The number of carbonyl (C=O) groups excluding carboxylic acids is 1. The molecule has 82 valence electrons. The minimum absolute atomic E-state index is 0.385. The van der Waals surface area contributed by atoms with E-state index in [1.807, 2.05) is 0 Å². The van der Waals surface area contributed by atoms with Crippen molar-refractivity contribution in [1.29, 1.82) is 0 Å². The van der Waals surface area contributed by atoms with Crippen LogP contribution in [-0.4, -0.2) is 15.7 Å². The standard InChI is InChI=1S/C10H9BrN4O/c11-6-1-2-7(10(13)16)8(5-6)15-4-3-9(12)14-15/h1-5H,(H2,12,14)(H2,13,16). The second-order valence-electron chi connectivity index (χ2n) is 3.21. The Hall–Kier alpha value is -1.82. The first kappa shape index (κ1) is 10.7. The molecule has 1 amide bonds. The Morgan fingerprint density at radius 3 is 2.69 bits per heavy atom. The van der Waals surface area contributed by atoms with E-state index in [4.69, 9.17) is 11.5 Å². The van der Waals surface area contributed by atoms with Crippen LogP contribution in [0.15, 0.2) is 34.9 Å². The van der Waals surface area contributed by atoms with Crippen molar-refractivity contribution in [2.24, 2.45) is 5.73 Å². The van der Waals surface area contributed by atoms with Crippen LogP contribution in [0.3, 0.4) is 0 Å². The van der Waals surface area contributed by atoms with Crippen LogP contribution in [0.25, 0.3) is 5.69 Å². The Labute approximate surface area is 100 Å². The summed E-state index contributed by atoms with van der Waals surface area (Å²) in [4.78, 5) is 11.2. The molecule has 0 bridgehead atoms. The molecule has 0 fully saturated rings. The lowest BCUT2D eigenvalue weighted by molar-refractivity contribution is 0.1000. The molecule has 1 aromatic carbocycles. The molecular formula is C10H9BrN4O. The minimum atomic E-state index is -0.503. The second kappa shape index (κ2) is 3.97. The Bertz CT molecular complexity index is 550. The quantitative estimate of drug-likeness (QED) is 0.870. The number of anilines is 1. The number of rotatable bonds is 2. The summed E-state index contributed by atoms with van der Waals surface area (Å²) in [5.41, 5.74) is 11.8. The van der Waals surface area contributed by atoms with Gasteiger partial charge >= 0.3 is 0 Å². The van der Waals surface area contributed by atoms with Gasteiger partial charge in [0, 0.05) is 16.7 Å². The Balaban J connectivity index is 2.62. The van der Waals surface area contributed by atoms with E-state index >= 15 is 0 Å². The fourth-order valence-corrected chi connectivity index (χ4v) is 1.72. The lowest BCUT2D eigenvalue weighted by Crippen LogP contribution is -2.15. The van der Waals surface area contributed by atoms with Crippen LogP contribution in [0, 0.1) is 0 Å². The van der Waals surface area contributed by atoms with E-state index in [0.717, 1.165) is 4.47 Å². The molecule has 0 aliphatic heterocycles. The van der Waals surface area contributed by atoms with Gasteiger partial charge in [-0.2, -0.15) is 5.10 Å². The minimum Gasteiger partial charge on any atom is -0.382 e. The van der Waals surface area contributed by atoms with Gasteiger partial charge in [-0.25, -0.2) is 4.68 Å². The molecule has 16 heavy (non-hydrogen) atoms. The highest BCUT2D eigenvalue weighted by atomic mass is 79.9. The largest absolute Gasteiger partial charge is 0.382 e. The number of hydrogen-bond acceptors (Lipinski definition) is 3. The van der Waals surface area contributed by atoms with E-state index in [1.165, 1.54) is 4.68 Å². The Morgan fingerprint density at radius 1 is 1.38 bits per heavy atom. The molecule has 2 aromatic rings. The van der Waals surface area contributed by atoms with Gasteiger partial charge in [-0.15, -0.1) is 0 Å². The highest BCUT2D eigenvalue weighted by Crippen LogP contribution is 2.20. The van der Waals surface area contributed by atoms with E-state index in [0.29, 0.717) is 17.1 Å². The molecule has 4 N–H and O–H groups in total. The third-order valence-corrected chi connectivity index (χ3v) is 2.58. The van der Waals surface area contributed by atoms with Crippen LogP contribution in [0.4, 0.5) is 5.82 Å². The first-order chi connectivity index (χ1) is 7.58. The molecule has 0 radical (unpaired) electrons. The summed E-state index contributed by atoms with van der Waals surface area (Å²) >= 11 is 3.33. The number of halogens is 1. The number of amides is 1. The first-order valence-electron chi connectivity index (χ1n) is 4.49. The average Bonchev–Trinajstić information content (AvgIpc) is 2.64. The number of primary amides is 1. The lowest BCUT2D eigenvalue weighted by Gasteiger charge is -2.07. The summed E-state index contributed by atoms with van der Waals surface area (Å²) < 4.78 is 2.35. The zero-order valence-corrected chi connectivity index (χ0v) is 9.81. The number of nitrogen functional groups attached to an aromatic ring is 1. The van der Waals surface area contributed by atoms with Crippen LogP contribution in [0.5, 0.6) is 0 Å². The molecule has 6 heteroatoms. The molecule has 1 heterocycles. The lowest BCUT2D eigenvalue weighted by atomic mass is 10.1. The fourth-order valence-electron chi connectivity index (χ4n) is 1.37. The van der Waals surface area contributed by atoms with Gasteiger partial charge in [0.05, 0.1) is 11.3 Å². The molecule has 1 aromatic heterocycles. The first-order valence-corrected chi connectivity index (χ1v) is 5.28. The number of nitrogens with two attached hydrogens (primary N) is 2. The summed E-state index contributed by atoms with van der Waals surface area (Å²) in [7, 11) is 0. The normalized spacial score (nSPS) is 10.3. The Kier molecular flexibility index (Phi) is 2.66. The van der Waals surface area contributed by atoms with Gasteiger partial charge in [0.25, 0.3) is 5.91 Å². The Morgan fingerprint density at radius 2 is 2.12 bits per heavy atom. The van der Waals surface area contributed by atoms with E-state index in [9.17, 15) is 4.79 Å². The number of aromatic nitrogens is 2. The second-order valence-corrected chi connectivity index (χ2v) is 4.13. The predicted molar refractivity (Wildman–Crippen MR) is 64.2 cm³/mol. The topological polar surface area (TPSA) is 86.9 Å². The molecular weight excluding hydrogens is 272 g/mol. The summed E-state index contributed by atoms with van der Waals surface area (Å²) in [6, 6.07) is 6.79. The van der Waals surface area contributed by atoms with Crippen LogP contribution in [-0.2, 0) is 0 Å². The van der Waals surface area contributed by atoms with Gasteiger partial charge in [0.15, 0.2) is 0 Å². The number of carbonyl (C=O) groups is 1. The van der Waals surface area contributed by atoms with Crippen LogP contribution >= 0.6 is 15.9 Å². The van der Waals surface area contributed by atoms with Crippen LogP contribution in [0.1, 0.15) is 10.4 Å². The SMILES string of the molecule is NC(=O)c1ccc(Br)cc1-n1ccc(N)n1. The molecule has 0 aliphatic carbocycles. The van der Waals surface area contributed by atoms with E-state index in [-0.39, 0.29) is 0 Å². The van der Waals surface area contributed by atoms with E-state index in [1.54, 1.807) is 30.5 Å². The summed E-state index contributed by atoms with van der Waals surface area (Å²) in [6.07, 6.45) is 1.67. The van der Waals surface area contributed by atoms with Crippen LogP contribution < -0.4 is 11.5 Å². The van der Waals surface area contributed by atoms with Gasteiger partial charge < -0.3 is 11.5 Å². The van der Waals surface area contributed by atoms with Crippen molar-refractivity contribution < 1.29 is 4.79 Å². The third-order valence-electron chi connectivity index (χ3n) is 2.08. The van der Waals surface area contributed by atoms with Crippen molar-refractivity contribution >= 4 is 27.7 Å². The molecule has 0 unspecified atom stereocenters. The molecule has 5 nitrogen and oxygen atoms in total. The van der Waals surface area contributed by atoms with Crippen molar-refractivity contribution in [1.82, 2.24) is 9.78 Å². The zero-order chi connectivity index (χ0) is 11.7. The molecule has 0 saturated heterocycles. The molecule has 0 spiro atoms. The monoisotopic (exact) mass is 280 g/mol. The van der Waals surface area contributed by atoms with Gasteiger partial charge in [0.2, 0.25) is 0 Å². The van der Waals surface area contributed by atoms with Crippen molar-refractivity contribution in [2.75, 3.05) is 5.73 Å². The zero-order valence-electron chi connectivity index (χ0n) is 8.22. The number of hydrogen-bond donors (Lipinski definition) is 2. The number of benzene rings is 1.